The van der Waals surface area contributed by atoms with Gasteiger partial charge < -0.3 is 19.9 Å². The van der Waals surface area contributed by atoms with Crippen molar-refractivity contribution >= 4 is 40.5 Å². The minimum atomic E-state index is -0.667. The van der Waals surface area contributed by atoms with Crippen molar-refractivity contribution in [2.45, 2.75) is 19.1 Å². The molecule has 20 heavy (non-hydrogen) atoms. The van der Waals surface area contributed by atoms with Gasteiger partial charge in [0.25, 0.3) is 0 Å². The summed E-state index contributed by atoms with van der Waals surface area (Å²) in [7, 11) is 1.60. The highest BCUT2D eigenvalue weighted by molar-refractivity contribution is 6.44. The molecule has 0 saturated carbocycles. The molecule has 0 amide bonds. The van der Waals surface area contributed by atoms with Gasteiger partial charge in [0, 0.05) is 13.7 Å². The van der Waals surface area contributed by atoms with E-state index in [1.165, 1.54) is 0 Å². The Morgan fingerprint density at radius 3 is 2.45 bits per heavy atom. The van der Waals surface area contributed by atoms with E-state index in [0.717, 1.165) is 0 Å². The molecule has 2 N–H and O–H groups in total. The topological polar surface area (TPSA) is 50.7 Å². The predicted octanol–water partition coefficient (Wildman–Crippen LogP) is 3.47. The largest absolute Gasteiger partial charge is 0.389 e. The van der Waals surface area contributed by atoms with Crippen LogP contribution in [0, 0.1) is 0 Å². The summed E-state index contributed by atoms with van der Waals surface area (Å²) >= 11 is 17.8. The summed E-state index contributed by atoms with van der Waals surface area (Å²) in [5, 5.41) is 14.0. The molecule has 0 aliphatic rings. The first-order valence-electron chi connectivity index (χ1n) is 6.11. The van der Waals surface area contributed by atoms with Crippen molar-refractivity contribution in [3.63, 3.8) is 0 Å². The van der Waals surface area contributed by atoms with Crippen molar-refractivity contribution in [2.75, 3.05) is 32.2 Å². The summed E-state index contributed by atoms with van der Waals surface area (Å²) in [6.07, 6.45) is -0.733. The lowest BCUT2D eigenvalue weighted by Crippen LogP contribution is -2.28. The molecule has 0 fully saturated rings. The number of halogens is 3. The SMILES string of the molecule is COCC(C)OCC(O)CNc1cc(Cl)c(Cl)cc1Cl. The molecule has 0 aliphatic carbocycles. The lowest BCUT2D eigenvalue weighted by atomic mass is 10.3. The molecule has 2 atom stereocenters. The molecule has 0 bridgehead atoms. The van der Waals surface area contributed by atoms with E-state index in [0.29, 0.717) is 27.4 Å². The van der Waals surface area contributed by atoms with Crippen molar-refractivity contribution in [2.24, 2.45) is 0 Å². The normalized spacial score (nSPS) is 14.1. The van der Waals surface area contributed by atoms with Crippen LogP contribution in [0.15, 0.2) is 12.1 Å². The van der Waals surface area contributed by atoms with Gasteiger partial charge >= 0.3 is 0 Å². The second kappa shape index (κ2) is 8.93. The van der Waals surface area contributed by atoms with Crippen LogP contribution >= 0.6 is 34.8 Å². The van der Waals surface area contributed by atoms with Crippen LogP contribution in [0.3, 0.4) is 0 Å². The maximum atomic E-state index is 9.81. The van der Waals surface area contributed by atoms with Gasteiger partial charge in [-0.15, -0.1) is 0 Å². The molecule has 1 aromatic carbocycles. The first-order chi connectivity index (χ1) is 9.43. The third kappa shape index (κ3) is 6.04. The number of anilines is 1. The van der Waals surface area contributed by atoms with Crippen LogP contribution in [-0.2, 0) is 9.47 Å². The zero-order chi connectivity index (χ0) is 15.1. The number of ether oxygens (including phenoxy) is 2. The van der Waals surface area contributed by atoms with Gasteiger partial charge in [-0.25, -0.2) is 0 Å². The highest BCUT2D eigenvalue weighted by Gasteiger charge is 2.10. The van der Waals surface area contributed by atoms with E-state index in [-0.39, 0.29) is 19.3 Å². The molecule has 2 unspecified atom stereocenters. The highest BCUT2D eigenvalue weighted by atomic mass is 35.5. The third-order valence-electron chi connectivity index (χ3n) is 2.51. The number of hydrogen-bond acceptors (Lipinski definition) is 4. The Hall–Kier alpha value is -0.230. The molecule has 0 radical (unpaired) electrons. The van der Waals surface area contributed by atoms with E-state index in [4.69, 9.17) is 44.3 Å². The van der Waals surface area contributed by atoms with E-state index >= 15 is 0 Å². The first-order valence-corrected chi connectivity index (χ1v) is 7.24. The molecule has 114 valence electrons. The fourth-order valence-corrected chi connectivity index (χ4v) is 2.12. The Kier molecular flexibility index (Phi) is 7.95. The standard InChI is InChI=1S/C13H18Cl3NO3/c1-8(6-19-2)20-7-9(18)5-17-13-4-11(15)10(14)3-12(13)16/h3-4,8-9,17-18H,5-7H2,1-2H3. The third-order valence-corrected chi connectivity index (χ3v) is 3.55. The van der Waals surface area contributed by atoms with Crippen LogP contribution in [0.2, 0.25) is 15.1 Å². The fraction of sp³-hybridized carbons (Fsp3) is 0.538. The van der Waals surface area contributed by atoms with Gasteiger partial charge in [-0.3, -0.25) is 0 Å². The Morgan fingerprint density at radius 1 is 1.15 bits per heavy atom. The zero-order valence-corrected chi connectivity index (χ0v) is 13.6. The summed E-state index contributed by atoms with van der Waals surface area (Å²) in [5.74, 6) is 0. The van der Waals surface area contributed by atoms with Crippen molar-refractivity contribution in [1.82, 2.24) is 0 Å². The van der Waals surface area contributed by atoms with Crippen LogP contribution in [0.4, 0.5) is 5.69 Å². The van der Waals surface area contributed by atoms with E-state index in [1.807, 2.05) is 6.92 Å². The summed E-state index contributed by atoms with van der Waals surface area (Å²) in [5.41, 5.74) is 0.616. The average molecular weight is 343 g/mol. The van der Waals surface area contributed by atoms with Gasteiger partial charge in [0.2, 0.25) is 0 Å². The number of methoxy groups -OCH3 is 1. The number of benzene rings is 1. The summed E-state index contributed by atoms with van der Waals surface area (Å²) in [6, 6.07) is 3.17. The van der Waals surface area contributed by atoms with Gasteiger partial charge in [-0.05, 0) is 19.1 Å². The van der Waals surface area contributed by atoms with Crippen LogP contribution in [0.1, 0.15) is 6.92 Å². The molecule has 0 saturated heterocycles. The van der Waals surface area contributed by atoms with Gasteiger partial charge in [0.05, 0.1) is 46.2 Å². The molecule has 4 nitrogen and oxygen atoms in total. The maximum absolute atomic E-state index is 9.81. The summed E-state index contributed by atoms with van der Waals surface area (Å²) in [6.45, 7) is 2.85. The molecule has 0 spiro atoms. The van der Waals surface area contributed by atoms with Crippen LogP contribution in [0.5, 0.6) is 0 Å². The monoisotopic (exact) mass is 341 g/mol. The average Bonchev–Trinajstić information content (AvgIpc) is 2.39. The van der Waals surface area contributed by atoms with Gasteiger partial charge in [-0.1, -0.05) is 34.8 Å². The molecule has 1 aromatic rings. The quantitative estimate of drug-likeness (QED) is 0.710. The first kappa shape index (κ1) is 17.8. The Bertz CT molecular complexity index is 432. The zero-order valence-electron chi connectivity index (χ0n) is 11.3. The number of hydrogen-bond donors (Lipinski definition) is 2. The Balaban J connectivity index is 2.41. The molecule has 1 rings (SSSR count). The van der Waals surface area contributed by atoms with E-state index in [2.05, 4.69) is 5.32 Å². The van der Waals surface area contributed by atoms with E-state index in [1.54, 1.807) is 19.2 Å². The Morgan fingerprint density at radius 2 is 1.80 bits per heavy atom. The van der Waals surface area contributed by atoms with Crippen LogP contribution in [0.25, 0.3) is 0 Å². The smallest absolute Gasteiger partial charge is 0.0945 e. The molecule has 0 aromatic heterocycles. The van der Waals surface area contributed by atoms with Gasteiger partial charge in [0.1, 0.15) is 0 Å². The molecule has 0 aliphatic heterocycles. The Labute approximate surface area is 133 Å². The lowest BCUT2D eigenvalue weighted by Gasteiger charge is -2.17. The maximum Gasteiger partial charge on any atom is 0.0945 e. The summed E-state index contributed by atoms with van der Waals surface area (Å²) in [4.78, 5) is 0. The van der Waals surface area contributed by atoms with Gasteiger partial charge in [-0.2, -0.15) is 0 Å². The van der Waals surface area contributed by atoms with Crippen LogP contribution in [-0.4, -0.2) is 44.2 Å². The predicted molar refractivity (Wildman–Crippen MR) is 83.3 cm³/mol. The van der Waals surface area contributed by atoms with Gasteiger partial charge in [0.15, 0.2) is 0 Å². The number of nitrogens with one attached hydrogen (secondary N) is 1. The van der Waals surface area contributed by atoms with Crippen LogP contribution < -0.4 is 5.32 Å². The van der Waals surface area contributed by atoms with E-state index in [9.17, 15) is 5.11 Å². The second-order valence-corrected chi connectivity index (χ2v) is 5.60. The number of aliphatic hydroxyl groups excluding tert-OH is 1. The molecular weight excluding hydrogens is 325 g/mol. The molecular formula is C13H18Cl3NO3. The minimum absolute atomic E-state index is 0.0665. The fourth-order valence-electron chi connectivity index (χ4n) is 1.50. The van der Waals surface area contributed by atoms with Crippen molar-refractivity contribution in [3.8, 4) is 0 Å². The minimum Gasteiger partial charge on any atom is -0.389 e. The number of aliphatic hydroxyl groups is 1. The molecule has 0 heterocycles. The summed E-state index contributed by atoms with van der Waals surface area (Å²) < 4.78 is 10.3. The molecule has 7 heteroatoms. The van der Waals surface area contributed by atoms with Crippen molar-refractivity contribution < 1.29 is 14.6 Å². The highest BCUT2D eigenvalue weighted by Crippen LogP contribution is 2.32. The van der Waals surface area contributed by atoms with E-state index < -0.39 is 6.10 Å². The lowest BCUT2D eigenvalue weighted by molar-refractivity contribution is -0.0282. The van der Waals surface area contributed by atoms with Crippen molar-refractivity contribution in [1.29, 1.82) is 0 Å². The number of rotatable bonds is 8. The second-order valence-electron chi connectivity index (χ2n) is 4.38. The van der Waals surface area contributed by atoms with Crippen molar-refractivity contribution in [3.05, 3.63) is 27.2 Å².